The predicted molar refractivity (Wildman–Crippen MR) is 105 cm³/mol. The van der Waals surface area contributed by atoms with Crippen molar-refractivity contribution in [1.82, 2.24) is 19.7 Å². The van der Waals surface area contributed by atoms with Gasteiger partial charge in [-0.3, -0.25) is 0 Å². The first-order chi connectivity index (χ1) is 12.8. The molecule has 2 aromatic carbocycles. The van der Waals surface area contributed by atoms with Crippen LogP contribution in [0, 0.1) is 0 Å². The zero-order valence-corrected chi connectivity index (χ0v) is 14.1. The Morgan fingerprint density at radius 1 is 0.962 bits per heavy atom. The van der Waals surface area contributed by atoms with Crippen LogP contribution in [0.1, 0.15) is 0 Å². The Kier molecular flexibility index (Phi) is 4.30. The molecule has 26 heavy (non-hydrogen) atoms. The maximum absolute atomic E-state index is 4.64. The average Bonchev–Trinajstić information content (AvgIpc) is 3.12. The lowest BCUT2D eigenvalue weighted by Crippen LogP contribution is -2.07. The lowest BCUT2D eigenvalue weighted by Gasteiger charge is -2.10. The molecule has 6 nitrogen and oxygen atoms in total. The number of hydrogen-bond acceptors (Lipinski definition) is 5. The first-order valence-electron chi connectivity index (χ1n) is 8.33. The van der Waals surface area contributed by atoms with Gasteiger partial charge in [-0.25, -0.2) is 4.68 Å². The lowest BCUT2D eigenvalue weighted by molar-refractivity contribution is 0.895. The van der Waals surface area contributed by atoms with E-state index in [1.165, 1.54) is 0 Å². The highest BCUT2D eigenvalue weighted by Crippen LogP contribution is 2.26. The van der Waals surface area contributed by atoms with E-state index < -0.39 is 0 Å². The Hall–Kier alpha value is -3.67. The van der Waals surface area contributed by atoms with Gasteiger partial charge in [0, 0.05) is 12.2 Å². The van der Waals surface area contributed by atoms with Gasteiger partial charge in [-0.05, 0) is 24.3 Å². The van der Waals surface area contributed by atoms with E-state index in [4.69, 9.17) is 0 Å². The van der Waals surface area contributed by atoms with E-state index in [9.17, 15) is 0 Å². The summed E-state index contributed by atoms with van der Waals surface area (Å²) < 4.78 is 1.81. The number of para-hydroxylation sites is 2. The van der Waals surface area contributed by atoms with Gasteiger partial charge in [0.25, 0.3) is 0 Å². The molecule has 6 heteroatoms. The van der Waals surface area contributed by atoms with E-state index in [0.717, 1.165) is 22.4 Å². The molecule has 0 saturated heterocycles. The fraction of sp³-hybridized carbons (Fsp3) is 0.0500. The van der Waals surface area contributed by atoms with Crippen LogP contribution in [0.2, 0.25) is 0 Å². The number of aromatic nitrogens is 4. The topological polar surface area (TPSA) is 67.7 Å². The SMILES string of the molecule is C=CCNc1nc(Nc2ccccc2)c2cnn(-c3ccccc3)c2n1. The normalized spacial score (nSPS) is 10.6. The van der Waals surface area contributed by atoms with Crippen molar-refractivity contribution in [1.29, 1.82) is 0 Å². The lowest BCUT2D eigenvalue weighted by atomic mass is 10.3. The third-order valence-electron chi connectivity index (χ3n) is 3.87. The van der Waals surface area contributed by atoms with Crippen LogP contribution >= 0.6 is 0 Å². The van der Waals surface area contributed by atoms with E-state index in [-0.39, 0.29) is 0 Å². The van der Waals surface area contributed by atoms with Gasteiger partial charge in [-0.15, -0.1) is 6.58 Å². The maximum atomic E-state index is 4.64. The van der Waals surface area contributed by atoms with Crippen LogP contribution in [0.4, 0.5) is 17.5 Å². The molecule has 0 aliphatic heterocycles. The summed E-state index contributed by atoms with van der Waals surface area (Å²) >= 11 is 0. The minimum absolute atomic E-state index is 0.522. The van der Waals surface area contributed by atoms with Crippen LogP contribution in [-0.4, -0.2) is 26.3 Å². The molecule has 0 aliphatic rings. The molecule has 0 fully saturated rings. The van der Waals surface area contributed by atoms with Gasteiger partial charge >= 0.3 is 0 Å². The molecule has 0 spiro atoms. The molecule has 2 aromatic heterocycles. The zero-order valence-electron chi connectivity index (χ0n) is 14.1. The first kappa shape index (κ1) is 15.8. The number of hydrogen-bond donors (Lipinski definition) is 2. The molecular formula is C20H18N6. The molecule has 128 valence electrons. The van der Waals surface area contributed by atoms with E-state index in [1.54, 1.807) is 12.3 Å². The van der Waals surface area contributed by atoms with E-state index in [2.05, 4.69) is 32.3 Å². The molecule has 2 N–H and O–H groups in total. The monoisotopic (exact) mass is 342 g/mol. The minimum atomic E-state index is 0.522. The van der Waals surface area contributed by atoms with Crippen LogP contribution in [0.3, 0.4) is 0 Å². The Labute approximate surface area is 151 Å². The molecule has 0 saturated carbocycles. The number of nitrogens with one attached hydrogen (secondary N) is 2. The second kappa shape index (κ2) is 7.06. The molecule has 4 rings (SSSR count). The Balaban J connectivity index is 1.84. The Morgan fingerprint density at radius 2 is 1.69 bits per heavy atom. The van der Waals surface area contributed by atoms with Gasteiger partial charge in [-0.2, -0.15) is 15.1 Å². The highest BCUT2D eigenvalue weighted by molar-refractivity contribution is 5.90. The third kappa shape index (κ3) is 3.12. The van der Waals surface area contributed by atoms with Gasteiger partial charge in [0.1, 0.15) is 5.82 Å². The summed E-state index contributed by atoms with van der Waals surface area (Å²) in [4.78, 5) is 9.25. The third-order valence-corrected chi connectivity index (χ3v) is 3.87. The van der Waals surface area contributed by atoms with Crippen LogP contribution < -0.4 is 10.6 Å². The highest BCUT2D eigenvalue weighted by Gasteiger charge is 2.14. The van der Waals surface area contributed by atoms with Gasteiger partial charge in [0.15, 0.2) is 5.65 Å². The number of fused-ring (bicyclic) bond motifs is 1. The van der Waals surface area contributed by atoms with E-state index in [1.807, 2.05) is 65.3 Å². The zero-order chi connectivity index (χ0) is 17.8. The molecule has 0 bridgehead atoms. The Bertz CT molecular complexity index is 1020. The van der Waals surface area contributed by atoms with Crippen LogP contribution in [-0.2, 0) is 0 Å². The molecular weight excluding hydrogens is 324 g/mol. The van der Waals surface area contributed by atoms with Gasteiger partial charge in [0.2, 0.25) is 5.95 Å². The van der Waals surface area contributed by atoms with Crippen molar-refractivity contribution >= 4 is 28.5 Å². The second-order valence-corrected chi connectivity index (χ2v) is 5.69. The summed E-state index contributed by atoms with van der Waals surface area (Å²) in [6.45, 7) is 4.31. The first-order valence-corrected chi connectivity index (χ1v) is 8.33. The van der Waals surface area contributed by atoms with Gasteiger partial charge in [-0.1, -0.05) is 42.5 Å². The summed E-state index contributed by atoms with van der Waals surface area (Å²) in [7, 11) is 0. The summed E-state index contributed by atoms with van der Waals surface area (Å²) in [5, 5.41) is 11.9. The average molecular weight is 342 g/mol. The molecule has 4 aromatic rings. The van der Waals surface area contributed by atoms with Crippen molar-refractivity contribution in [2.24, 2.45) is 0 Å². The number of rotatable bonds is 6. The minimum Gasteiger partial charge on any atom is -0.351 e. The number of benzene rings is 2. The summed E-state index contributed by atoms with van der Waals surface area (Å²) in [6, 6.07) is 19.8. The number of nitrogens with zero attached hydrogens (tertiary/aromatic N) is 4. The summed E-state index contributed by atoms with van der Waals surface area (Å²) in [5.74, 6) is 1.23. The largest absolute Gasteiger partial charge is 0.351 e. The highest BCUT2D eigenvalue weighted by atomic mass is 15.3. The summed E-state index contributed by atoms with van der Waals surface area (Å²) in [6.07, 6.45) is 3.55. The molecule has 0 radical (unpaired) electrons. The Morgan fingerprint density at radius 3 is 2.42 bits per heavy atom. The van der Waals surface area contributed by atoms with Crippen LogP contribution in [0.5, 0.6) is 0 Å². The van der Waals surface area contributed by atoms with Crippen molar-refractivity contribution < 1.29 is 0 Å². The van der Waals surface area contributed by atoms with E-state index >= 15 is 0 Å². The standard InChI is InChI=1S/C20H18N6/c1-2-13-21-20-24-18(23-15-9-5-3-6-10-15)17-14-22-26(19(17)25-20)16-11-7-4-8-12-16/h2-12,14H,1,13H2,(H2,21,23,24,25). The predicted octanol–water partition coefficient (Wildman–Crippen LogP) is 4.16. The fourth-order valence-corrected chi connectivity index (χ4v) is 2.66. The van der Waals surface area contributed by atoms with Crippen LogP contribution in [0.25, 0.3) is 16.7 Å². The number of anilines is 3. The van der Waals surface area contributed by atoms with Crippen molar-refractivity contribution in [2.75, 3.05) is 17.2 Å². The molecule has 0 amide bonds. The van der Waals surface area contributed by atoms with E-state index in [0.29, 0.717) is 18.3 Å². The quantitative estimate of drug-likeness (QED) is 0.515. The van der Waals surface area contributed by atoms with Crippen LogP contribution in [0.15, 0.2) is 79.5 Å². The van der Waals surface area contributed by atoms with Crippen molar-refractivity contribution in [3.8, 4) is 5.69 Å². The molecule has 0 unspecified atom stereocenters. The fourth-order valence-electron chi connectivity index (χ4n) is 2.66. The maximum Gasteiger partial charge on any atom is 0.226 e. The van der Waals surface area contributed by atoms with Gasteiger partial charge in [0.05, 0.1) is 17.3 Å². The second-order valence-electron chi connectivity index (χ2n) is 5.69. The van der Waals surface area contributed by atoms with Crippen molar-refractivity contribution in [3.05, 3.63) is 79.5 Å². The summed E-state index contributed by atoms with van der Waals surface area (Å²) in [5.41, 5.74) is 2.63. The van der Waals surface area contributed by atoms with Gasteiger partial charge < -0.3 is 10.6 Å². The smallest absolute Gasteiger partial charge is 0.226 e. The molecule has 0 atom stereocenters. The van der Waals surface area contributed by atoms with Crippen molar-refractivity contribution in [2.45, 2.75) is 0 Å². The molecule has 0 aliphatic carbocycles. The molecule has 2 heterocycles. The van der Waals surface area contributed by atoms with Crippen molar-refractivity contribution in [3.63, 3.8) is 0 Å².